The minimum Gasteiger partial charge on any atom is -0.497 e. The summed E-state index contributed by atoms with van der Waals surface area (Å²) in [5.41, 5.74) is 3.48. The highest BCUT2D eigenvalue weighted by molar-refractivity contribution is 6.05. The number of amides is 1. The Labute approximate surface area is 141 Å². The quantitative estimate of drug-likeness (QED) is 0.829. The number of fused-ring (bicyclic) bond motifs is 1. The van der Waals surface area contributed by atoms with E-state index in [1.54, 1.807) is 43.5 Å². The van der Waals surface area contributed by atoms with Crippen LogP contribution < -0.4 is 20.8 Å². The first-order valence-electron chi connectivity index (χ1n) is 7.44. The number of nitrogens with one attached hydrogen (secondary N) is 1. The molecule has 0 bridgehead atoms. The zero-order valence-corrected chi connectivity index (χ0v) is 13.1. The van der Waals surface area contributed by atoms with Crippen LogP contribution in [0.25, 0.3) is 6.08 Å². The minimum atomic E-state index is -0.423. The molecule has 0 fully saturated rings. The third-order valence-corrected chi connectivity index (χ3v) is 3.79. The van der Waals surface area contributed by atoms with E-state index in [1.165, 1.54) is 12.1 Å². The fourth-order valence-electron chi connectivity index (χ4n) is 2.51. The van der Waals surface area contributed by atoms with Gasteiger partial charge in [-0.1, -0.05) is 0 Å². The van der Waals surface area contributed by atoms with Crippen LogP contribution in [0.1, 0.15) is 5.56 Å². The largest absolute Gasteiger partial charge is 0.497 e. The second-order valence-corrected chi connectivity index (χ2v) is 5.38. The highest BCUT2D eigenvalue weighted by atomic mass is 19.1. The van der Waals surface area contributed by atoms with Crippen molar-refractivity contribution in [2.45, 2.75) is 0 Å². The second-order valence-electron chi connectivity index (χ2n) is 5.38. The van der Waals surface area contributed by atoms with Gasteiger partial charge in [0.1, 0.15) is 11.6 Å². The van der Waals surface area contributed by atoms with Gasteiger partial charge in [0.25, 0.3) is 11.8 Å². The Kier molecular flexibility index (Phi) is 3.53. The molecule has 124 valence electrons. The Morgan fingerprint density at radius 1 is 1.12 bits per heavy atom. The molecule has 2 aromatic rings. The molecule has 0 atom stereocenters. The van der Waals surface area contributed by atoms with E-state index in [2.05, 4.69) is 15.5 Å². The van der Waals surface area contributed by atoms with Crippen molar-refractivity contribution in [1.82, 2.24) is 5.48 Å². The number of ether oxygens (including phenoxy) is 1. The number of carbonyl (C=O) groups is 1. The molecule has 2 heterocycles. The van der Waals surface area contributed by atoms with Crippen molar-refractivity contribution in [3.8, 4) is 5.75 Å². The molecule has 2 aliphatic rings. The lowest BCUT2D eigenvalue weighted by Gasteiger charge is -2.06. The summed E-state index contributed by atoms with van der Waals surface area (Å²) >= 11 is 0. The molecule has 1 N–H and O–H groups in total. The number of rotatable bonds is 2. The molecule has 6 nitrogen and oxygen atoms in total. The number of hydrogen-bond donors (Lipinski definition) is 1. The van der Waals surface area contributed by atoms with Crippen LogP contribution in [0.3, 0.4) is 0 Å². The zero-order valence-electron chi connectivity index (χ0n) is 13.1. The maximum absolute atomic E-state index is 13.0. The van der Waals surface area contributed by atoms with E-state index in [4.69, 9.17) is 9.57 Å². The number of nitrogens with zero attached hydrogens (tertiary/aromatic N) is 2. The summed E-state index contributed by atoms with van der Waals surface area (Å²) in [4.78, 5) is 25.9. The summed E-state index contributed by atoms with van der Waals surface area (Å²) in [7, 11) is 1.57. The topological polar surface area (TPSA) is 72.3 Å². The summed E-state index contributed by atoms with van der Waals surface area (Å²) in [6.07, 6.45) is 1.68. The Hall–Kier alpha value is -3.48. The number of halogens is 1. The van der Waals surface area contributed by atoms with Crippen molar-refractivity contribution in [1.29, 1.82) is 0 Å². The molecule has 1 amide bonds. The first-order chi connectivity index (χ1) is 12.1. The van der Waals surface area contributed by atoms with Crippen LogP contribution >= 0.6 is 0 Å². The van der Waals surface area contributed by atoms with Crippen LogP contribution in [0.4, 0.5) is 4.39 Å². The van der Waals surface area contributed by atoms with E-state index < -0.39 is 5.91 Å². The fraction of sp³-hybridized carbons (Fsp3) is 0.0556. The van der Waals surface area contributed by atoms with Crippen LogP contribution in [-0.4, -0.2) is 18.9 Å². The van der Waals surface area contributed by atoms with Gasteiger partial charge in [-0.15, -0.1) is 0 Å². The van der Waals surface area contributed by atoms with Gasteiger partial charge >= 0.3 is 0 Å². The number of hydrogen-bond acceptors (Lipinski definition) is 5. The molecular formula is C18H12FN3O3. The van der Waals surface area contributed by atoms with Gasteiger partial charge in [0, 0.05) is 10.8 Å². The smallest absolute Gasteiger partial charge is 0.281 e. The van der Waals surface area contributed by atoms with Crippen molar-refractivity contribution in [2.75, 3.05) is 7.11 Å². The zero-order chi connectivity index (χ0) is 17.4. The van der Waals surface area contributed by atoms with Gasteiger partial charge in [0.15, 0.2) is 5.82 Å². The molecule has 0 unspecified atom stereocenters. The van der Waals surface area contributed by atoms with E-state index in [0.29, 0.717) is 16.7 Å². The normalized spacial score (nSPS) is 18.3. The molecular weight excluding hydrogens is 325 g/mol. The predicted molar refractivity (Wildman–Crippen MR) is 87.4 cm³/mol. The van der Waals surface area contributed by atoms with Crippen molar-refractivity contribution < 1.29 is 18.8 Å². The van der Waals surface area contributed by atoms with Gasteiger partial charge in [-0.05, 0) is 48.5 Å². The summed E-state index contributed by atoms with van der Waals surface area (Å²) in [5, 5.41) is 1.31. The van der Waals surface area contributed by atoms with Crippen molar-refractivity contribution >= 4 is 17.9 Å². The highest BCUT2D eigenvalue weighted by Gasteiger charge is 2.22. The molecule has 0 saturated heterocycles. The van der Waals surface area contributed by atoms with Crippen LogP contribution in [0.2, 0.25) is 0 Å². The lowest BCUT2D eigenvalue weighted by molar-refractivity contribution is -0.114. The first-order valence-corrected chi connectivity index (χ1v) is 7.44. The van der Waals surface area contributed by atoms with Crippen molar-refractivity contribution in [3.05, 3.63) is 75.8 Å². The monoisotopic (exact) mass is 337 g/mol. The fourth-order valence-corrected chi connectivity index (χ4v) is 2.51. The van der Waals surface area contributed by atoms with Crippen LogP contribution in [0.5, 0.6) is 5.75 Å². The Morgan fingerprint density at radius 2 is 1.92 bits per heavy atom. The van der Waals surface area contributed by atoms with Gasteiger partial charge in [-0.2, -0.15) is 4.99 Å². The van der Waals surface area contributed by atoms with E-state index in [1.807, 2.05) is 0 Å². The lowest BCUT2D eigenvalue weighted by atomic mass is 10.1. The number of methoxy groups -OCH3 is 1. The predicted octanol–water partition coefficient (Wildman–Crippen LogP) is 0.968. The Bertz CT molecular complexity index is 1060. The minimum absolute atomic E-state index is 0.250. The van der Waals surface area contributed by atoms with Gasteiger partial charge < -0.3 is 9.57 Å². The van der Waals surface area contributed by atoms with Gasteiger partial charge in [-0.25, -0.2) is 14.9 Å². The second kappa shape index (κ2) is 5.86. The molecule has 4 rings (SSSR count). The van der Waals surface area contributed by atoms with Crippen LogP contribution in [0.15, 0.2) is 63.8 Å². The summed E-state index contributed by atoms with van der Waals surface area (Å²) in [5.74, 6) is 0.388. The summed E-state index contributed by atoms with van der Waals surface area (Å²) in [6, 6.07) is 10.9. The molecule has 2 aliphatic heterocycles. The Morgan fingerprint density at radius 3 is 2.68 bits per heavy atom. The number of carbonyl (C=O) groups excluding carboxylic acids is 1. The van der Waals surface area contributed by atoms with E-state index in [9.17, 15) is 9.18 Å². The maximum atomic E-state index is 13.0. The van der Waals surface area contributed by atoms with E-state index in [-0.39, 0.29) is 23.1 Å². The number of benzene rings is 2. The summed E-state index contributed by atoms with van der Waals surface area (Å²) in [6.45, 7) is 0. The third-order valence-electron chi connectivity index (χ3n) is 3.79. The van der Waals surface area contributed by atoms with E-state index >= 15 is 0 Å². The van der Waals surface area contributed by atoms with Gasteiger partial charge in [-0.3, -0.25) is 4.79 Å². The molecule has 25 heavy (non-hydrogen) atoms. The number of aliphatic imine (C=N–C) groups is 1. The molecule has 2 aromatic carbocycles. The lowest BCUT2D eigenvalue weighted by Crippen LogP contribution is -2.31. The summed E-state index contributed by atoms with van der Waals surface area (Å²) < 4.78 is 18.2. The van der Waals surface area contributed by atoms with E-state index in [0.717, 1.165) is 5.22 Å². The van der Waals surface area contributed by atoms with Crippen molar-refractivity contribution in [2.24, 2.45) is 9.98 Å². The number of hydroxylamine groups is 1. The molecule has 0 spiro atoms. The highest BCUT2D eigenvalue weighted by Crippen LogP contribution is 2.17. The third kappa shape index (κ3) is 2.76. The Balaban J connectivity index is 1.79. The molecule has 0 radical (unpaired) electrons. The van der Waals surface area contributed by atoms with Crippen LogP contribution in [-0.2, 0) is 9.63 Å². The maximum Gasteiger partial charge on any atom is 0.281 e. The van der Waals surface area contributed by atoms with Gasteiger partial charge in [0.05, 0.1) is 18.0 Å². The standard InChI is InChI=1S/C18H12FN3O3/c1-24-13-6-7-15-11(8-13)9-14(17(23)20-15)16-21-18(25-22-16)10-2-4-12(19)5-3-10/h2-9,22H,1H3/b16-14-. The van der Waals surface area contributed by atoms with Gasteiger partial charge in [0.2, 0.25) is 0 Å². The average Bonchev–Trinajstić information content (AvgIpc) is 3.11. The van der Waals surface area contributed by atoms with Crippen LogP contribution in [0, 0.1) is 5.82 Å². The molecule has 0 aromatic heterocycles. The molecule has 0 aliphatic carbocycles. The molecule has 7 heteroatoms. The SMILES string of the molecule is COc1ccc2c(c1)=C/C(=C1\N=C(c3ccc(F)cc3)ON1)C(=O)N=2. The van der Waals surface area contributed by atoms with Crippen molar-refractivity contribution in [3.63, 3.8) is 0 Å². The molecule has 0 saturated carbocycles. The first kappa shape index (κ1) is 15.1. The average molecular weight is 337 g/mol.